The Balaban J connectivity index is 2.39. The Labute approximate surface area is 140 Å². The number of hydrogen-bond donors (Lipinski definition) is 2. The number of phenols is 1. The van der Waals surface area contributed by atoms with E-state index in [9.17, 15) is 28.2 Å². The van der Waals surface area contributed by atoms with Gasteiger partial charge in [-0.05, 0) is 49.1 Å². The molecule has 0 fully saturated rings. The summed E-state index contributed by atoms with van der Waals surface area (Å²) in [6, 6.07) is 2.82. The number of rotatable bonds is 4. The number of carbonyl (C=O) groups excluding carboxylic acids is 1. The van der Waals surface area contributed by atoms with Gasteiger partial charge in [-0.3, -0.25) is 4.79 Å². The zero-order valence-corrected chi connectivity index (χ0v) is 13.3. The van der Waals surface area contributed by atoms with Crippen molar-refractivity contribution in [3.05, 3.63) is 39.6 Å². The van der Waals surface area contributed by atoms with Gasteiger partial charge in [-0.15, -0.1) is 0 Å². The van der Waals surface area contributed by atoms with Gasteiger partial charge < -0.3 is 14.9 Å². The summed E-state index contributed by atoms with van der Waals surface area (Å²) < 4.78 is 42.7. The predicted molar refractivity (Wildman–Crippen MR) is 82.2 cm³/mol. The number of allylic oxidation sites excluding steroid dienone is 2. The van der Waals surface area contributed by atoms with E-state index < -0.39 is 23.3 Å². The molecule has 1 aromatic rings. The maximum absolute atomic E-state index is 12.5. The summed E-state index contributed by atoms with van der Waals surface area (Å²) in [6.45, 7) is 1.98. The maximum atomic E-state index is 12.5. The van der Waals surface area contributed by atoms with Crippen molar-refractivity contribution in [2.45, 2.75) is 25.9 Å². The molecular formula is C16H14ClF3O4. The molecule has 0 spiro atoms. The molecule has 0 saturated heterocycles. The van der Waals surface area contributed by atoms with Crippen LogP contribution in [0.4, 0.5) is 13.2 Å². The van der Waals surface area contributed by atoms with Crippen LogP contribution in [0.1, 0.15) is 25.3 Å². The van der Waals surface area contributed by atoms with Crippen molar-refractivity contribution in [1.82, 2.24) is 0 Å². The van der Waals surface area contributed by atoms with Crippen LogP contribution in [0, 0.1) is 0 Å². The molecule has 2 rings (SSSR count). The molecule has 0 aliphatic heterocycles. The van der Waals surface area contributed by atoms with Gasteiger partial charge in [0.15, 0.2) is 11.5 Å². The number of aliphatic hydroxyl groups is 1. The molecule has 1 aliphatic rings. The van der Waals surface area contributed by atoms with Crippen LogP contribution in [-0.2, 0) is 4.79 Å². The highest BCUT2D eigenvalue weighted by molar-refractivity contribution is 6.32. The number of ether oxygens (including phenoxy) is 1. The van der Waals surface area contributed by atoms with Crippen LogP contribution in [0.5, 0.6) is 11.5 Å². The van der Waals surface area contributed by atoms with Crippen molar-refractivity contribution < 1.29 is 32.9 Å². The van der Waals surface area contributed by atoms with E-state index in [4.69, 9.17) is 16.3 Å². The van der Waals surface area contributed by atoms with Crippen molar-refractivity contribution in [1.29, 1.82) is 0 Å². The average molecular weight is 363 g/mol. The standard InChI is InChI=1S/C16H14ClF3O4/c1-2-24-12-7-8(6-11(17)14(12)22)5-9-3-4-10(13(9)21)15(23)16(18,19)20/h5-7,21-22H,2-4H2,1H3/b9-5+. The molecule has 0 atom stereocenters. The van der Waals surface area contributed by atoms with Crippen LogP contribution in [0.25, 0.3) is 6.08 Å². The fraction of sp³-hybridized carbons (Fsp3) is 0.312. The summed E-state index contributed by atoms with van der Waals surface area (Å²) in [5, 5.41) is 19.7. The van der Waals surface area contributed by atoms with Crippen molar-refractivity contribution in [2.24, 2.45) is 0 Å². The van der Waals surface area contributed by atoms with Crippen LogP contribution in [-0.4, -0.2) is 28.8 Å². The summed E-state index contributed by atoms with van der Waals surface area (Å²) in [5.74, 6) is -2.84. The summed E-state index contributed by atoms with van der Waals surface area (Å²) in [7, 11) is 0. The van der Waals surface area contributed by atoms with E-state index >= 15 is 0 Å². The van der Waals surface area contributed by atoms with Gasteiger partial charge in [-0.1, -0.05) is 11.6 Å². The second kappa shape index (κ2) is 6.76. The zero-order chi connectivity index (χ0) is 18.1. The molecular weight excluding hydrogens is 349 g/mol. The molecule has 0 amide bonds. The number of hydrogen-bond acceptors (Lipinski definition) is 4. The van der Waals surface area contributed by atoms with E-state index in [1.807, 2.05) is 0 Å². The molecule has 8 heteroatoms. The topological polar surface area (TPSA) is 66.8 Å². The molecule has 2 N–H and O–H groups in total. The van der Waals surface area contributed by atoms with Crippen LogP contribution in [0.15, 0.2) is 29.0 Å². The lowest BCUT2D eigenvalue weighted by atomic mass is 10.1. The highest BCUT2D eigenvalue weighted by Crippen LogP contribution is 2.39. The second-order valence-corrected chi connectivity index (χ2v) is 5.51. The third kappa shape index (κ3) is 3.67. The summed E-state index contributed by atoms with van der Waals surface area (Å²) in [4.78, 5) is 11.3. The molecule has 24 heavy (non-hydrogen) atoms. The fourth-order valence-corrected chi connectivity index (χ4v) is 2.59. The molecule has 0 unspecified atom stereocenters. The Bertz CT molecular complexity index is 736. The molecule has 130 valence electrons. The van der Waals surface area contributed by atoms with Gasteiger partial charge in [0, 0.05) is 5.57 Å². The van der Waals surface area contributed by atoms with Gasteiger partial charge in [0.2, 0.25) is 0 Å². The number of carbonyl (C=O) groups is 1. The lowest BCUT2D eigenvalue weighted by Gasteiger charge is -2.09. The Kier molecular flexibility index (Phi) is 5.13. The third-order valence-corrected chi connectivity index (χ3v) is 3.75. The number of phenolic OH excluding ortho intramolecular Hbond substituents is 1. The molecule has 0 aromatic heterocycles. The SMILES string of the molecule is CCOc1cc(/C=C2\CCC(C(=O)C(F)(F)F)=C2O)cc(Cl)c1O. The predicted octanol–water partition coefficient (Wildman–Crippen LogP) is 4.57. The van der Waals surface area contributed by atoms with E-state index in [0.29, 0.717) is 5.56 Å². The van der Waals surface area contributed by atoms with Crippen molar-refractivity contribution in [2.75, 3.05) is 6.61 Å². The van der Waals surface area contributed by atoms with Crippen molar-refractivity contribution in [3.8, 4) is 11.5 Å². The fourth-order valence-electron chi connectivity index (χ4n) is 2.37. The largest absolute Gasteiger partial charge is 0.507 e. The number of aliphatic hydroxyl groups excluding tert-OH is 1. The first-order valence-corrected chi connectivity index (χ1v) is 7.42. The first-order chi connectivity index (χ1) is 11.1. The van der Waals surface area contributed by atoms with Crippen molar-refractivity contribution in [3.63, 3.8) is 0 Å². The van der Waals surface area contributed by atoms with Gasteiger partial charge in [-0.2, -0.15) is 13.2 Å². The van der Waals surface area contributed by atoms with E-state index in [-0.39, 0.29) is 41.5 Å². The van der Waals surface area contributed by atoms with E-state index in [1.54, 1.807) is 6.92 Å². The van der Waals surface area contributed by atoms with E-state index in [2.05, 4.69) is 0 Å². The van der Waals surface area contributed by atoms with Crippen LogP contribution in [0.3, 0.4) is 0 Å². The summed E-state index contributed by atoms with van der Waals surface area (Å²) in [5.41, 5.74) is -0.0426. The minimum Gasteiger partial charge on any atom is -0.507 e. The zero-order valence-electron chi connectivity index (χ0n) is 12.6. The van der Waals surface area contributed by atoms with Gasteiger partial charge in [0.1, 0.15) is 5.76 Å². The van der Waals surface area contributed by atoms with Crippen molar-refractivity contribution >= 4 is 23.5 Å². The minimum absolute atomic E-state index is 0.000794. The average Bonchev–Trinajstić information content (AvgIpc) is 2.84. The second-order valence-electron chi connectivity index (χ2n) is 5.11. The lowest BCUT2D eigenvalue weighted by Crippen LogP contribution is -2.24. The molecule has 0 bridgehead atoms. The number of Topliss-reactive ketones (excluding diaryl/α,β-unsaturated/α-hetero) is 1. The number of aromatic hydroxyl groups is 1. The highest BCUT2D eigenvalue weighted by Gasteiger charge is 2.43. The minimum atomic E-state index is -5.03. The first-order valence-electron chi connectivity index (χ1n) is 7.05. The third-order valence-electron chi connectivity index (χ3n) is 3.46. The first kappa shape index (κ1) is 18.2. The summed E-state index contributed by atoms with van der Waals surface area (Å²) >= 11 is 5.88. The van der Waals surface area contributed by atoms with Gasteiger partial charge in [0.05, 0.1) is 11.6 Å². The summed E-state index contributed by atoms with van der Waals surface area (Å²) in [6.07, 6.45) is -3.73. The highest BCUT2D eigenvalue weighted by atomic mass is 35.5. The normalized spacial score (nSPS) is 16.8. The molecule has 1 aromatic carbocycles. The number of alkyl halides is 3. The van der Waals surface area contributed by atoms with Crippen LogP contribution < -0.4 is 4.74 Å². The Morgan fingerprint density at radius 1 is 1.33 bits per heavy atom. The number of halogens is 4. The van der Waals surface area contributed by atoms with E-state index in [0.717, 1.165) is 0 Å². The van der Waals surface area contributed by atoms with Gasteiger partial charge in [0.25, 0.3) is 5.78 Å². The molecule has 0 radical (unpaired) electrons. The molecule has 0 saturated carbocycles. The molecule has 1 aliphatic carbocycles. The Morgan fingerprint density at radius 2 is 2.00 bits per heavy atom. The van der Waals surface area contributed by atoms with Gasteiger partial charge in [-0.25, -0.2) is 0 Å². The van der Waals surface area contributed by atoms with Crippen LogP contribution in [0.2, 0.25) is 5.02 Å². The molecule has 0 heterocycles. The monoisotopic (exact) mass is 362 g/mol. The quantitative estimate of drug-likeness (QED) is 0.823. The smallest absolute Gasteiger partial charge is 0.454 e. The number of ketones is 1. The maximum Gasteiger partial charge on any atom is 0.454 e. The Hall–Kier alpha value is -2.15. The molecule has 4 nitrogen and oxygen atoms in total. The Morgan fingerprint density at radius 3 is 2.58 bits per heavy atom. The lowest BCUT2D eigenvalue weighted by molar-refractivity contribution is -0.166. The van der Waals surface area contributed by atoms with Gasteiger partial charge >= 0.3 is 6.18 Å². The van der Waals surface area contributed by atoms with E-state index in [1.165, 1.54) is 18.2 Å². The van der Waals surface area contributed by atoms with Crippen LogP contribution >= 0.6 is 11.6 Å². The number of benzene rings is 1.